The van der Waals surface area contributed by atoms with Gasteiger partial charge < -0.3 is 9.88 Å². The number of benzene rings is 2. The number of amides is 1. The van der Waals surface area contributed by atoms with Crippen molar-refractivity contribution < 1.29 is 18.1 Å². The van der Waals surface area contributed by atoms with E-state index in [9.17, 15) is 23.3 Å². The van der Waals surface area contributed by atoms with E-state index >= 15 is 0 Å². The lowest BCUT2D eigenvalue weighted by atomic mass is 10.2. The first kappa shape index (κ1) is 23.8. The number of nitro groups is 1. The molecule has 34 heavy (non-hydrogen) atoms. The van der Waals surface area contributed by atoms with Crippen molar-refractivity contribution in [2.45, 2.75) is 20.0 Å². The number of imidazole rings is 1. The van der Waals surface area contributed by atoms with Crippen molar-refractivity contribution in [3.05, 3.63) is 64.0 Å². The molecular formula is C22H26N6O5S. The highest BCUT2D eigenvalue weighted by Crippen LogP contribution is 2.23. The van der Waals surface area contributed by atoms with Gasteiger partial charge in [0.1, 0.15) is 5.82 Å². The van der Waals surface area contributed by atoms with E-state index in [0.717, 1.165) is 16.9 Å². The van der Waals surface area contributed by atoms with Crippen molar-refractivity contribution in [2.75, 3.05) is 37.8 Å². The zero-order valence-corrected chi connectivity index (χ0v) is 19.8. The fourth-order valence-electron chi connectivity index (χ4n) is 4.11. The summed E-state index contributed by atoms with van der Waals surface area (Å²) in [6.07, 6.45) is 1.23. The van der Waals surface area contributed by atoms with Gasteiger partial charge in [-0.1, -0.05) is 6.07 Å². The first-order valence-corrected chi connectivity index (χ1v) is 12.7. The molecule has 0 bridgehead atoms. The summed E-state index contributed by atoms with van der Waals surface area (Å²) in [7, 11) is -3.18. The Hall–Kier alpha value is -3.35. The second kappa shape index (κ2) is 9.49. The van der Waals surface area contributed by atoms with Gasteiger partial charge in [0.05, 0.1) is 28.8 Å². The molecule has 1 aromatic heterocycles. The topological polar surface area (TPSA) is 131 Å². The lowest BCUT2D eigenvalue weighted by Gasteiger charge is -2.32. The number of nitro benzene ring substituents is 1. The summed E-state index contributed by atoms with van der Waals surface area (Å²) in [5.41, 5.74) is 2.25. The van der Waals surface area contributed by atoms with Gasteiger partial charge in [-0.15, -0.1) is 0 Å². The third-order valence-corrected chi connectivity index (χ3v) is 7.19. The van der Waals surface area contributed by atoms with E-state index in [1.807, 2.05) is 13.0 Å². The van der Waals surface area contributed by atoms with Crippen LogP contribution in [0.25, 0.3) is 11.0 Å². The lowest BCUT2D eigenvalue weighted by molar-refractivity contribution is -0.384. The number of fused-ring (bicyclic) bond motifs is 1. The van der Waals surface area contributed by atoms with E-state index < -0.39 is 20.9 Å². The molecule has 0 atom stereocenters. The number of hydrogen-bond acceptors (Lipinski definition) is 7. The molecule has 4 rings (SSSR count). The first-order valence-electron chi connectivity index (χ1n) is 10.9. The summed E-state index contributed by atoms with van der Waals surface area (Å²) in [6.45, 7) is 5.52. The van der Waals surface area contributed by atoms with E-state index in [1.54, 1.807) is 12.1 Å². The fraction of sp³-hybridized carbons (Fsp3) is 0.364. The Bertz CT molecular complexity index is 1350. The van der Waals surface area contributed by atoms with Gasteiger partial charge in [0.2, 0.25) is 10.0 Å². The predicted octanol–water partition coefficient (Wildman–Crippen LogP) is 2.29. The molecule has 2 aromatic carbocycles. The summed E-state index contributed by atoms with van der Waals surface area (Å²) in [5.74, 6) is 0.425. The molecule has 0 spiro atoms. The quantitative estimate of drug-likeness (QED) is 0.400. The fourth-order valence-corrected chi connectivity index (χ4v) is 4.94. The van der Waals surface area contributed by atoms with E-state index in [2.05, 4.69) is 14.8 Å². The van der Waals surface area contributed by atoms with Gasteiger partial charge in [-0.2, -0.15) is 4.31 Å². The molecule has 3 aromatic rings. The Labute approximate surface area is 197 Å². The SMILES string of the molecule is CCn1c(CN2CCN(S(C)(=O)=O)CC2)nc2cc(NC(=O)c3cccc([N+](=O)[O-])c3)ccc21. The number of anilines is 1. The lowest BCUT2D eigenvalue weighted by Crippen LogP contribution is -2.48. The Balaban J connectivity index is 1.51. The van der Waals surface area contributed by atoms with Crippen molar-refractivity contribution in [2.24, 2.45) is 0 Å². The summed E-state index contributed by atoms with van der Waals surface area (Å²) >= 11 is 0. The first-order chi connectivity index (χ1) is 16.2. The molecule has 1 fully saturated rings. The summed E-state index contributed by atoms with van der Waals surface area (Å²) < 4.78 is 27.1. The van der Waals surface area contributed by atoms with Gasteiger partial charge >= 0.3 is 0 Å². The summed E-state index contributed by atoms with van der Waals surface area (Å²) in [4.78, 5) is 30.0. The number of sulfonamides is 1. The van der Waals surface area contributed by atoms with Crippen LogP contribution in [0.1, 0.15) is 23.1 Å². The van der Waals surface area contributed by atoms with Crippen molar-refractivity contribution in [3.8, 4) is 0 Å². The van der Waals surface area contributed by atoms with Crippen molar-refractivity contribution in [1.82, 2.24) is 18.8 Å². The molecule has 2 heterocycles. The number of carbonyl (C=O) groups is 1. The molecule has 1 amide bonds. The number of non-ortho nitro benzene ring substituents is 1. The maximum atomic E-state index is 12.6. The van der Waals surface area contributed by atoms with Gasteiger partial charge in [-0.05, 0) is 31.2 Å². The Morgan fingerprint density at radius 3 is 2.53 bits per heavy atom. The molecule has 1 aliphatic heterocycles. The number of nitrogens with zero attached hydrogens (tertiary/aromatic N) is 5. The van der Waals surface area contributed by atoms with Crippen LogP contribution in [-0.2, 0) is 23.1 Å². The van der Waals surface area contributed by atoms with Crippen molar-refractivity contribution >= 4 is 38.3 Å². The van der Waals surface area contributed by atoms with Crippen molar-refractivity contribution in [1.29, 1.82) is 0 Å². The van der Waals surface area contributed by atoms with E-state index in [-0.39, 0.29) is 11.3 Å². The van der Waals surface area contributed by atoms with E-state index in [1.165, 1.54) is 34.8 Å². The number of nitrogens with one attached hydrogen (secondary N) is 1. The molecule has 1 aliphatic rings. The maximum Gasteiger partial charge on any atom is 0.270 e. The van der Waals surface area contributed by atoms with Gasteiger partial charge in [-0.25, -0.2) is 13.4 Å². The number of piperazine rings is 1. The van der Waals surface area contributed by atoms with Crippen LogP contribution in [0.15, 0.2) is 42.5 Å². The zero-order chi connectivity index (χ0) is 24.5. The largest absolute Gasteiger partial charge is 0.327 e. The van der Waals surface area contributed by atoms with Gasteiger partial charge in [0.15, 0.2) is 0 Å². The Kier molecular flexibility index (Phi) is 6.64. The van der Waals surface area contributed by atoms with Crippen LogP contribution in [0.4, 0.5) is 11.4 Å². The monoisotopic (exact) mass is 486 g/mol. The number of carbonyl (C=O) groups excluding carboxylic acids is 1. The van der Waals surface area contributed by atoms with Crippen LogP contribution < -0.4 is 5.32 Å². The molecule has 11 nitrogen and oxygen atoms in total. The maximum absolute atomic E-state index is 12.6. The minimum absolute atomic E-state index is 0.146. The van der Waals surface area contributed by atoms with Crippen LogP contribution >= 0.6 is 0 Å². The number of hydrogen-bond donors (Lipinski definition) is 1. The molecule has 1 N–H and O–H groups in total. The normalized spacial score (nSPS) is 15.5. The van der Waals surface area contributed by atoms with Gasteiger partial charge in [0, 0.05) is 56.1 Å². The van der Waals surface area contributed by atoms with Gasteiger partial charge in [-0.3, -0.25) is 19.8 Å². The summed E-state index contributed by atoms with van der Waals surface area (Å²) in [6, 6.07) is 11.0. The number of rotatable bonds is 7. The molecule has 0 saturated carbocycles. The number of aryl methyl sites for hydroxylation is 1. The second-order valence-corrected chi connectivity index (χ2v) is 10.2. The van der Waals surface area contributed by atoms with Crippen LogP contribution in [0.5, 0.6) is 0 Å². The molecule has 0 unspecified atom stereocenters. The molecule has 12 heteroatoms. The highest BCUT2D eigenvalue weighted by molar-refractivity contribution is 7.88. The highest BCUT2D eigenvalue weighted by atomic mass is 32.2. The Morgan fingerprint density at radius 1 is 1.15 bits per heavy atom. The average molecular weight is 487 g/mol. The minimum Gasteiger partial charge on any atom is -0.327 e. The zero-order valence-electron chi connectivity index (χ0n) is 19.0. The van der Waals surface area contributed by atoms with Crippen LogP contribution in [0.3, 0.4) is 0 Å². The molecule has 180 valence electrons. The van der Waals surface area contributed by atoms with E-state index in [4.69, 9.17) is 4.98 Å². The number of aromatic nitrogens is 2. The van der Waals surface area contributed by atoms with Crippen molar-refractivity contribution in [3.63, 3.8) is 0 Å². The molecule has 1 saturated heterocycles. The van der Waals surface area contributed by atoms with Crippen LogP contribution in [-0.4, -0.2) is 70.4 Å². The van der Waals surface area contributed by atoms with Crippen LogP contribution in [0, 0.1) is 10.1 Å². The third-order valence-electron chi connectivity index (χ3n) is 5.89. The molecular weight excluding hydrogens is 460 g/mol. The molecule has 0 aliphatic carbocycles. The van der Waals surface area contributed by atoms with E-state index in [0.29, 0.717) is 45.0 Å². The standard InChI is InChI=1S/C22H26N6O5S/c1-3-27-20-8-7-17(23-22(29)16-5-4-6-18(13-16)28(30)31)14-19(20)24-21(27)15-25-9-11-26(12-10-25)34(2,32)33/h4-8,13-14H,3,9-12,15H2,1-2H3,(H,23,29). The highest BCUT2D eigenvalue weighted by Gasteiger charge is 2.24. The second-order valence-electron chi connectivity index (χ2n) is 8.18. The predicted molar refractivity (Wildman–Crippen MR) is 128 cm³/mol. The summed E-state index contributed by atoms with van der Waals surface area (Å²) in [5, 5.41) is 13.8. The average Bonchev–Trinajstić information content (AvgIpc) is 3.14. The van der Waals surface area contributed by atoms with Crippen LogP contribution in [0.2, 0.25) is 0 Å². The Morgan fingerprint density at radius 2 is 1.88 bits per heavy atom. The minimum atomic E-state index is -3.18. The smallest absolute Gasteiger partial charge is 0.270 e. The third kappa shape index (κ3) is 5.08. The van der Waals surface area contributed by atoms with Gasteiger partial charge in [0.25, 0.3) is 11.6 Å². The molecule has 0 radical (unpaired) electrons.